The van der Waals surface area contributed by atoms with Crippen molar-refractivity contribution in [3.8, 4) is 18.2 Å². The summed E-state index contributed by atoms with van der Waals surface area (Å²) in [5.41, 5.74) is 6.17. The van der Waals surface area contributed by atoms with Gasteiger partial charge in [-0.15, -0.1) is 12.1 Å². The molecule has 4 aromatic rings. The van der Waals surface area contributed by atoms with Crippen LogP contribution >= 0.6 is 0 Å². The Morgan fingerprint density at radius 1 is 0.485 bits per heavy atom. The predicted molar refractivity (Wildman–Crippen MR) is 130 cm³/mol. The zero-order chi connectivity index (χ0) is 23.3. The van der Waals surface area contributed by atoms with Crippen LogP contribution in [0.25, 0.3) is 4.85 Å². The molecule has 0 aliphatic carbocycles. The van der Waals surface area contributed by atoms with Crippen molar-refractivity contribution in [3.63, 3.8) is 0 Å². The van der Waals surface area contributed by atoms with Crippen LogP contribution in [0.1, 0.15) is 16.7 Å². The molecule has 0 aromatic heterocycles. The van der Waals surface area contributed by atoms with Crippen LogP contribution in [0.3, 0.4) is 0 Å². The molecule has 0 aliphatic heterocycles. The maximum Gasteiger partial charge on any atom is 0.187 e. The topological polar surface area (TPSA) is 75.7 Å². The van der Waals surface area contributed by atoms with Gasteiger partial charge in [-0.1, -0.05) is 48.5 Å². The Morgan fingerprint density at radius 2 is 0.758 bits per heavy atom. The maximum atomic E-state index is 9.32. The number of nitrogens with zero attached hydrogens (tertiary/aromatic N) is 4. The summed E-state index contributed by atoms with van der Waals surface area (Å²) < 4.78 is 0. The third-order valence-corrected chi connectivity index (χ3v) is 6.14. The Hall–Kier alpha value is -5.10. The van der Waals surface area contributed by atoms with Gasteiger partial charge in [-0.25, -0.2) is 4.85 Å². The van der Waals surface area contributed by atoms with Crippen LogP contribution < -0.4 is 21.9 Å². The first-order valence-electron chi connectivity index (χ1n) is 10.3. The Bertz CT molecular complexity index is 1220. The first kappa shape index (κ1) is 21.1. The minimum absolute atomic E-state index is 0.544. The first-order valence-corrected chi connectivity index (χ1v) is 10.3. The van der Waals surface area contributed by atoms with Gasteiger partial charge in [-0.3, -0.25) is 0 Å². The van der Waals surface area contributed by atoms with E-state index in [4.69, 9.17) is 6.57 Å². The molecule has 0 fully saturated rings. The Kier molecular flexibility index (Phi) is 5.74. The largest absolute Gasteiger partial charge is 0.238 e. The molecule has 0 aliphatic rings. The highest BCUT2D eigenvalue weighted by atomic mass is 14.6. The Balaban J connectivity index is 2.11. The van der Waals surface area contributed by atoms with E-state index in [-0.39, 0.29) is 0 Å². The second-order valence-corrected chi connectivity index (χ2v) is 7.77. The third kappa shape index (κ3) is 3.73. The van der Waals surface area contributed by atoms with Crippen LogP contribution in [0, 0.1) is 40.6 Å². The number of hydrogen-bond acceptors (Lipinski definition) is 3. The van der Waals surface area contributed by atoms with E-state index in [1.54, 1.807) is 48.5 Å². The van der Waals surface area contributed by atoms with Gasteiger partial charge in [0, 0.05) is 0 Å². The molecular formula is C28H16BN4-. The van der Waals surface area contributed by atoms with Crippen molar-refractivity contribution in [1.29, 1.82) is 15.8 Å². The van der Waals surface area contributed by atoms with Crippen LogP contribution in [0.2, 0.25) is 0 Å². The van der Waals surface area contributed by atoms with Crippen molar-refractivity contribution < 1.29 is 0 Å². The molecule has 0 unspecified atom stereocenters. The van der Waals surface area contributed by atoms with E-state index in [1.165, 1.54) is 0 Å². The number of hydrogen-bond donors (Lipinski definition) is 0. The van der Waals surface area contributed by atoms with Crippen molar-refractivity contribution in [2.75, 3.05) is 0 Å². The molecule has 0 radical (unpaired) electrons. The van der Waals surface area contributed by atoms with Crippen molar-refractivity contribution in [2.24, 2.45) is 0 Å². The van der Waals surface area contributed by atoms with Gasteiger partial charge < -0.3 is 0 Å². The molecule has 0 spiro atoms. The quantitative estimate of drug-likeness (QED) is 0.377. The molecule has 4 nitrogen and oxygen atoms in total. The average Bonchev–Trinajstić information content (AvgIpc) is 2.90. The van der Waals surface area contributed by atoms with Crippen molar-refractivity contribution in [2.45, 2.75) is 0 Å². The molecule has 0 amide bonds. The van der Waals surface area contributed by atoms with Gasteiger partial charge in [-0.2, -0.15) is 37.6 Å². The van der Waals surface area contributed by atoms with E-state index < -0.39 is 6.15 Å². The van der Waals surface area contributed by atoms with E-state index in [9.17, 15) is 15.8 Å². The van der Waals surface area contributed by atoms with E-state index in [1.807, 2.05) is 48.5 Å². The van der Waals surface area contributed by atoms with Gasteiger partial charge >= 0.3 is 0 Å². The van der Waals surface area contributed by atoms with Gasteiger partial charge in [0.2, 0.25) is 0 Å². The van der Waals surface area contributed by atoms with Gasteiger partial charge in [0.1, 0.15) is 6.15 Å². The molecule has 0 N–H and O–H groups in total. The van der Waals surface area contributed by atoms with E-state index in [2.05, 4.69) is 23.1 Å². The van der Waals surface area contributed by atoms with Crippen LogP contribution in [0.15, 0.2) is 97.1 Å². The maximum absolute atomic E-state index is 9.32. The molecule has 0 bridgehead atoms. The zero-order valence-electron chi connectivity index (χ0n) is 17.6. The summed E-state index contributed by atoms with van der Waals surface area (Å²) in [6, 6.07) is 36.6. The molecule has 0 atom stereocenters. The summed E-state index contributed by atoms with van der Waals surface area (Å²) in [4.78, 5) is 3.53. The molecule has 152 valence electrons. The van der Waals surface area contributed by atoms with Crippen LogP contribution in [0.5, 0.6) is 0 Å². The zero-order valence-corrected chi connectivity index (χ0v) is 17.6. The minimum Gasteiger partial charge on any atom is -0.238 e. The van der Waals surface area contributed by atoms with Crippen molar-refractivity contribution in [3.05, 3.63) is 125 Å². The minimum atomic E-state index is -1.73. The second-order valence-electron chi connectivity index (χ2n) is 7.77. The molecule has 0 saturated heterocycles. The van der Waals surface area contributed by atoms with Crippen molar-refractivity contribution >= 4 is 33.7 Å². The molecular weight excluding hydrogens is 403 g/mol. The highest BCUT2D eigenvalue weighted by Crippen LogP contribution is 2.15. The summed E-state index contributed by atoms with van der Waals surface area (Å²) in [6.45, 7) is 7.34. The van der Waals surface area contributed by atoms with E-state index in [0.29, 0.717) is 22.4 Å². The number of benzene rings is 4. The molecule has 4 aromatic carbocycles. The second kappa shape index (κ2) is 8.95. The molecule has 0 heterocycles. The van der Waals surface area contributed by atoms with Crippen molar-refractivity contribution in [1.82, 2.24) is 0 Å². The first-order chi connectivity index (χ1) is 16.1. The standard InChI is InChI=1S/C28H16BN4/c1-33-28-16-14-27(15-17-28)29(24-8-2-21(18-30)3-9-24,25-10-4-22(19-31)5-11-25)26-12-6-23(20-32)7-13-26/h2-17H/q-1. The molecule has 33 heavy (non-hydrogen) atoms. The lowest BCUT2D eigenvalue weighted by atomic mass is 9.13. The lowest BCUT2D eigenvalue weighted by molar-refractivity contribution is 1.48. The summed E-state index contributed by atoms with van der Waals surface area (Å²) in [5.74, 6) is 0. The number of nitriles is 3. The molecule has 0 saturated carbocycles. The SMILES string of the molecule is [C-]#[N+]c1ccc([B-](c2ccc(C#N)cc2)(c2ccc(C#N)cc2)c2ccc(C#N)cc2)cc1. The summed E-state index contributed by atoms with van der Waals surface area (Å²) in [6.07, 6.45) is -1.73. The highest BCUT2D eigenvalue weighted by Gasteiger charge is 2.31. The summed E-state index contributed by atoms with van der Waals surface area (Å²) >= 11 is 0. The fourth-order valence-electron chi connectivity index (χ4n) is 4.53. The van der Waals surface area contributed by atoms with Gasteiger partial charge in [0.25, 0.3) is 0 Å². The lowest BCUT2D eigenvalue weighted by Gasteiger charge is -2.44. The van der Waals surface area contributed by atoms with E-state index in [0.717, 1.165) is 21.9 Å². The van der Waals surface area contributed by atoms with Crippen LogP contribution in [0.4, 0.5) is 5.69 Å². The van der Waals surface area contributed by atoms with Gasteiger partial charge in [0.05, 0.1) is 41.5 Å². The van der Waals surface area contributed by atoms with Crippen LogP contribution in [-0.2, 0) is 0 Å². The normalized spacial score (nSPS) is 10.3. The fraction of sp³-hybridized carbons (Fsp3) is 0. The number of rotatable bonds is 4. The molecule has 5 heteroatoms. The predicted octanol–water partition coefficient (Wildman–Crippen LogP) is 3.23. The van der Waals surface area contributed by atoms with Gasteiger partial charge in [-0.05, 0) is 36.4 Å². The monoisotopic (exact) mass is 419 g/mol. The molecule has 4 rings (SSSR count). The average molecular weight is 419 g/mol. The Labute approximate surface area is 193 Å². The Morgan fingerprint density at radius 3 is 1.00 bits per heavy atom. The summed E-state index contributed by atoms with van der Waals surface area (Å²) in [7, 11) is 0. The highest BCUT2D eigenvalue weighted by molar-refractivity contribution is 7.19. The van der Waals surface area contributed by atoms with E-state index >= 15 is 0 Å². The third-order valence-electron chi connectivity index (χ3n) is 6.14. The smallest absolute Gasteiger partial charge is 0.187 e. The lowest BCUT2D eigenvalue weighted by Crippen LogP contribution is -2.74. The van der Waals surface area contributed by atoms with Gasteiger partial charge in [0.15, 0.2) is 5.69 Å². The van der Waals surface area contributed by atoms with Crippen LogP contribution in [-0.4, -0.2) is 6.15 Å². The fourth-order valence-corrected chi connectivity index (χ4v) is 4.53. The summed E-state index contributed by atoms with van der Waals surface area (Å²) in [5, 5.41) is 28.0.